The highest BCUT2D eigenvalue weighted by Gasteiger charge is 2.36. The van der Waals surface area contributed by atoms with Crippen molar-refractivity contribution in [3.8, 4) is 17.0 Å². The molecule has 3 aromatic heterocycles. The lowest BCUT2D eigenvalue weighted by Crippen LogP contribution is -2.41. The van der Waals surface area contributed by atoms with Crippen LogP contribution in [0.15, 0.2) is 43.0 Å². The first-order valence-electron chi connectivity index (χ1n) is 9.42. The molecule has 1 aliphatic rings. The first kappa shape index (κ1) is 16.9. The average molecular weight is 374 g/mol. The standard InChI is InChI=1S/C21H22N6O/c1-21(2)9-14(10-21)25-20-22-11-18-15(6-7-27(18)26-20)13-4-5-17-16(8-13)19(28-3)24-12-23-17/h4-8,11-12,14H,9-10H2,1-3H3,(H,25,26). The highest BCUT2D eigenvalue weighted by Crippen LogP contribution is 2.41. The van der Waals surface area contributed by atoms with Gasteiger partial charge in [0.2, 0.25) is 11.8 Å². The monoisotopic (exact) mass is 374 g/mol. The van der Waals surface area contributed by atoms with E-state index in [1.807, 2.05) is 35.1 Å². The lowest BCUT2D eigenvalue weighted by atomic mass is 9.68. The Kier molecular flexibility index (Phi) is 3.72. The molecular formula is C21H22N6O. The number of anilines is 1. The molecule has 1 aromatic carbocycles. The Morgan fingerprint density at radius 1 is 1.14 bits per heavy atom. The van der Waals surface area contributed by atoms with Gasteiger partial charge < -0.3 is 10.1 Å². The van der Waals surface area contributed by atoms with E-state index in [2.05, 4.69) is 45.3 Å². The smallest absolute Gasteiger partial charge is 0.241 e. The molecule has 7 nitrogen and oxygen atoms in total. The number of nitrogens with zero attached hydrogens (tertiary/aromatic N) is 5. The van der Waals surface area contributed by atoms with Gasteiger partial charge in [0.1, 0.15) is 6.33 Å². The number of aromatic nitrogens is 5. The van der Waals surface area contributed by atoms with E-state index in [0.29, 0.717) is 23.3 Å². The molecular weight excluding hydrogens is 352 g/mol. The second kappa shape index (κ2) is 6.15. The van der Waals surface area contributed by atoms with E-state index in [4.69, 9.17) is 4.74 Å². The van der Waals surface area contributed by atoms with Gasteiger partial charge in [-0.25, -0.2) is 19.5 Å². The summed E-state index contributed by atoms with van der Waals surface area (Å²) in [5, 5.41) is 8.95. The number of ether oxygens (including phenoxy) is 1. The molecule has 142 valence electrons. The summed E-state index contributed by atoms with van der Waals surface area (Å²) in [6, 6.07) is 8.58. The third-order valence-electron chi connectivity index (χ3n) is 5.45. The van der Waals surface area contributed by atoms with Crippen molar-refractivity contribution in [3.63, 3.8) is 0 Å². The first-order chi connectivity index (χ1) is 13.5. The summed E-state index contributed by atoms with van der Waals surface area (Å²) in [5.74, 6) is 1.24. The van der Waals surface area contributed by atoms with Crippen LogP contribution in [0.3, 0.4) is 0 Å². The molecule has 3 heterocycles. The molecule has 4 aromatic rings. The van der Waals surface area contributed by atoms with Gasteiger partial charge in [0.25, 0.3) is 0 Å². The van der Waals surface area contributed by atoms with Gasteiger partial charge in [0, 0.05) is 17.8 Å². The molecule has 0 bridgehead atoms. The number of benzene rings is 1. The van der Waals surface area contributed by atoms with E-state index in [0.717, 1.165) is 40.4 Å². The van der Waals surface area contributed by atoms with Crippen molar-refractivity contribution in [1.29, 1.82) is 0 Å². The molecule has 5 rings (SSSR count). The van der Waals surface area contributed by atoms with Crippen molar-refractivity contribution in [2.24, 2.45) is 5.41 Å². The van der Waals surface area contributed by atoms with Crippen LogP contribution < -0.4 is 10.1 Å². The number of rotatable bonds is 4. The highest BCUT2D eigenvalue weighted by molar-refractivity contribution is 5.91. The highest BCUT2D eigenvalue weighted by atomic mass is 16.5. The molecule has 1 saturated carbocycles. The second-order valence-corrected chi connectivity index (χ2v) is 8.17. The van der Waals surface area contributed by atoms with Gasteiger partial charge in [-0.1, -0.05) is 19.9 Å². The number of fused-ring (bicyclic) bond motifs is 2. The van der Waals surface area contributed by atoms with E-state index in [1.54, 1.807) is 7.11 Å². The van der Waals surface area contributed by atoms with Crippen LogP contribution in [-0.4, -0.2) is 37.7 Å². The molecule has 28 heavy (non-hydrogen) atoms. The Balaban J connectivity index is 1.49. The maximum Gasteiger partial charge on any atom is 0.241 e. The fraction of sp³-hybridized carbons (Fsp3) is 0.333. The molecule has 1 aliphatic carbocycles. The Labute approximate surface area is 162 Å². The maximum atomic E-state index is 5.38. The molecule has 0 amide bonds. The summed E-state index contributed by atoms with van der Waals surface area (Å²) < 4.78 is 7.25. The molecule has 7 heteroatoms. The molecule has 0 atom stereocenters. The predicted molar refractivity (Wildman–Crippen MR) is 108 cm³/mol. The van der Waals surface area contributed by atoms with Crippen molar-refractivity contribution in [1.82, 2.24) is 24.6 Å². The van der Waals surface area contributed by atoms with Crippen molar-refractivity contribution in [2.45, 2.75) is 32.7 Å². The SMILES string of the molecule is COc1ncnc2ccc(-c3ccn4nc(NC5CC(C)(C)C5)ncc34)cc12. The van der Waals surface area contributed by atoms with Crippen molar-refractivity contribution in [3.05, 3.63) is 43.0 Å². The Morgan fingerprint density at radius 2 is 2.00 bits per heavy atom. The third kappa shape index (κ3) is 2.83. The fourth-order valence-electron chi connectivity index (χ4n) is 4.13. The molecule has 1 N–H and O–H groups in total. The minimum Gasteiger partial charge on any atom is -0.480 e. The zero-order chi connectivity index (χ0) is 19.3. The molecule has 0 radical (unpaired) electrons. The minimum atomic E-state index is 0.420. The van der Waals surface area contributed by atoms with Crippen LogP contribution in [0.4, 0.5) is 5.95 Å². The van der Waals surface area contributed by atoms with E-state index in [1.165, 1.54) is 6.33 Å². The number of methoxy groups -OCH3 is 1. The van der Waals surface area contributed by atoms with Crippen LogP contribution in [0.25, 0.3) is 27.5 Å². The van der Waals surface area contributed by atoms with Gasteiger partial charge in [-0.3, -0.25) is 0 Å². The largest absolute Gasteiger partial charge is 0.480 e. The second-order valence-electron chi connectivity index (χ2n) is 8.17. The van der Waals surface area contributed by atoms with E-state index in [-0.39, 0.29) is 0 Å². The zero-order valence-corrected chi connectivity index (χ0v) is 16.2. The summed E-state index contributed by atoms with van der Waals surface area (Å²) in [4.78, 5) is 13.0. The average Bonchev–Trinajstić information content (AvgIpc) is 3.09. The Bertz CT molecular complexity index is 1170. The van der Waals surface area contributed by atoms with E-state index in [9.17, 15) is 0 Å². The number of hydrogen-bond donors (Lipinski definition) is 1. The molecule has 0 saturated heterocycles. The van der Waals surface area contributed by atoms with E-state index < -0.39 is 0 Å². The number of hydrogen-bond acceptors (Lipinski definition) is 6. The van der Waals surface area contributed by atoms with Gasteiger partial charge in [0.15, 0.2) is 0 Å². The predicted octanol–water partition coefficient (Wildman–Crippen LogP) is 3.95. The molecule has 1 fully saturated rings. The summed E-state index contributed by atoms with van der Waals surface area (Å²) in [5.41, 5.74) is 4.33. The van der Waals surface area contributed by atoms with Crippen LogP contribution >= 0.6 is 0 Å². The van der Waals surface area contributed by atoms with Gasteiger partial charge >= 0.3 is 0 Å². The van der Waals surface area contributed by atoms with Crippen molar-refractivity contribution >= 4 is 22.4 Å². The van der Waals surface area contributed by atoms with Crippen LogP contribution in [-0.2, 0) is 0 Å². The Hall–Kier alpha value is -3.22. The summed E-state index contributed by atoms with van der Waals surface area (Å²) in [6.07, 6.45) is 7.64. The lowest BCUT2D eigenvalue weighted by Gasteiger charge is -2.42. The van der Waals surface area contributed by atoms with Gasteiger partial charge in [0.05, 0.1) is 29.7 Å². The van der Waals surface area contributed by atoms with Crippen LogP contribution in [0.2, 0.25) is 0 Å². The third-order valence-corrected chi connectivity index (χ3v) is 5.45. The van der Waals surface area contributed by atoms with Gasteiger partial charge in [-0.15, -0.1) is 5.10 Å². The normalized spacial score (nSPS) is 16.2. The quantitative estimate of drug-likeness (QED) is 0.583. The van der Waals surface area contributed by atoms with Gasteiger partial charge in [-0.05, 0) is 42.0 Å². The van der Waals surface area contributed by atoms with Gasteiger partial charge in [-0.2, -0.15) is 0 Å². The first-order valence-corrected chi connectivity index (χ1v) is 9.42. The van der Waals surface area contributed by atoms with Crippen molar-refractivity contribution < 1.29 is 4.74 Å². The summed E-state index contributed by atoms with van der Waals surface area (Å²) in [6.45, 7) is 4.58. The summed E-state index contributed by atoms with van der Waals surface area (Å²) in [7, 11) is 1.62. The Morgan fingerprint density at radius 3 is 2.79 bits per heavy atom. The minimum absolute atomic E-state index is 0.420. The molecule has 0 aliphatic heterocycles. The topological polar surface area (TPSA) is 77.2 Å². The lowest BCUT2D eigenvalue weighted by molar-refractivity contribution is 0.167. The van der Waals surface area contributed by atoms with E-state index >= 15 is 0 Å². The summed E-state index contributed by atoms with van der Waals surface area (Å²) >= 11 is 0. The van der Waals surface area contributed by atoms with Crippen LogP contribution in [0.5, 0.6) is 5.88 Å². The zero-order valence-electron chi connectivity index (χ0n) is 16.2. The molecule has 0 spiro atoms. The van der Waals surface area contributed by atoms with Crippen molar-refractivity contribution in [2.75, 3.05) is 12.4 Å². The fourth-order valence-corrected chi connectivity index (χ4v) is 4.13. The van der Waals surface area contributed by atoms with Crippen LogP contribution in [0, 0.1) is 5.41 Å². The maximum absolute atomic E-state index is 5.38. The van der Waals surface area contributed by atoms with Crippen LogP contribution in [0.1, 0.15) is 26.7 Å². The molecule has 0 unspecified atom stereocenters. The number of nitrogens with one attached hydrogen (secondary N) is 1.